The third-order valence-corrected chi connectivity index (χ3v) is 6.37. The predicted octanol–water partition coefficient (Wildman–Crippen LogP) is 1.01. The van der Waals surface area contributed by atoms with Gasteiger partial charge in [-0.1, -0.05) is 11.8 Å². The summed E-state index contributed by atoms with van der Waals surface area (Å²) in [6, 6.07) is 0.149. The summed E-state index contributed by atoms with van der Waals surface area (Å²) >= 11 is 1.20. The minimum atomic E-state index is -2.89. The van der Waals surface area contributed by atoms with Gasteiger partial charge in [-0.05, 0) is 26.2 Å². The first-order valence-corrected chi connectivity index (χ1v) is 9.99. The van der Waals surface area contributed by atoms with Crippen molar-refractivity contribution in [3.05, 3.63) is 5.89 Å². The van der Waals surface area contributed by atoms with E-state index in [0.717, 1.165) is 0 Å². The van der Waals surface area contributed by atoms with Crippen molar-refractivity contribution in [2.24, 2.45) is 5.92 Å². The first kappa shape index (κ1) is 17.3. The fraction of sp³-hybridized carbons (Fsp3) is 0.769. The Bertz CT molecular complexity index is 627. The first-order chi connectivity index (χ1) is 10.3. The molecule has 1 aliphatic rings. The molecule has 1 aromatic rings. The number of hydrogen-bond donors (Lipinski definition) is 0. The molecule has 9 heteroatoms. The van der Waals surface area contributed by atoms with E-state index in [9.17, 15) is 13.2 Å². The molecule has 1 fully saturated rings. The first-order valence-electron chi connectivity index (χ1n) is 7.18. The predicted molar refractivity (Wildman–Crippen MR) is 83.4 cm³/mol. The quantitative estimate of drug-likeness (QED) is 0.709. The van der Waals surface area contributed by atoms with Gasteiger partial charge < -0.3 is 9.32 Å². The highest BCUT2D eigenvalue weighted by Gasteiger charge is 2.29. The average molecular weight is 347 g/mol. The zero-order chi connectivity index (χ0) is 16.3. The van der Waals surface area contributed by atoms with Gasteiger partial charge in [0.25, 0.3) is 5.22 Å². The van der Waals surface area contributed by atoms with Crippen LogP contribution in [0.1, 0.15) is 26.2 Å². The summed E-state index contributed by atoms with van der Waals surface area (Å²) in [7, 11) is -1.14. The summed E-state index contributed by atoms with van der Waals surface area (Å²) in [4.78, 5) is 13.5. The fourth-order valence-corrected chi connectivity index (χ4v) is 4.74. The molecule has 1 atom stereocenters. The summed E-state index contributed by atoms with van der Waals surface area (Å²) < 4.78 is 28.3. The summed E-state index contributed by atoms with van der Waals surface area (Å²) in [5.74, 6) is 1.17. The standard InChI is InChI=1S/C13H21N3O4S2/c1-9(2)16(3)12(17)7-21-13-15-14-11(20-13)6-10-4-5-22(18,19)8-10/h9-10H,4-8H2,1-3H3/t10-/m0/s1. The fourth-order valence-electron chi connectivity index (χ4n) is 2.17. The molecule has 0 aromatic carbocycles. The van der Waals surface area contributed by atoms with Crippen LogP contribution < -0.4 is 0 Å². The van der Waals surface area contributed by atoms with E-state index in [2.05, 4.69) is 10.2 Å². The van der Waals surface area contributed by atoms with Crippen molar-refractivity contribution in [3.8, 4) is 0 Å². The van der Waals surface area contributed by atoms with Gasteiger partial charge >= 0.3 is 0 Å². The second-order valence-corrected chi connectivity index (χ2v) is 8.98. The van der Waals surface area contributed by atoms with Crippen LogP contribution in [-0.4, -0.2) is 59.8 Å². The van der Waals surface area contributed by atoms with Crippen LogP contribution in [0.25, 0.3) is 0 Å². The summed E-state index contributed by atoms with van der Waals surface area (Å²) in [5, 5.41) is 8.17. The molecule has 1 aromatic heterocycles. The molecule has 22 heavy (non-hydrogen) atoms. The van der Waals surface area contributed by atoms with Crippen LogP contribution in [-0.2, 0) is 21.1 Å². The van der Waals surface area contributed by atoms with Gasteiger partial charge in [-0.2, -0.15) is 0 Å². The number of aromatic nitrogens is 2. The molecule has 2 heterocycles. The van der Waals surface area contributed by atoms with E-state index in [1.54, 1.807) is 11.9 Å². The Morgan fingerprint density at radius 3 is 2.77 bits per heavy atom. The molecule has 7 nitrogen and oxygen atoms in total. The SMILES string of the molecule is CC(C)N(C)C(=O)CSc1nnc(C[C@@H]2CCS(=O)(=O)C2)o1. The Labute approximate surface area is 134 Å². The highest BCUT2D eigenvalue weighted by atomic mass is 32.2. The molecule has 0 bridgehead atoms. The van der Waals surface area contributed by atoms with E-state index in [1.807, 2.05) is 13.8 Å². The summed E-state index contributed by atoms with van der Waals surface area (Å²) in [5.41, 5.74) is 0. The van der Waals surface area contributed by atoms with Crippen molar-refractivity contribution in [1.82, 2.24) is 15.1 Å². The van der Waals surface area contributed by atoms with Crippen LogP contribution >= 0.6 is 11.8 Å². The maximum Gasteiger partial charge on any atom is 0.277 e. The van der Waals surface area contributed by atoms with Crippen LogP contribution in [0.2, 0.25) is 0 Å². The molecule has 0 radical (unpaired) electrons. The van der Waals surface area contributed by atoms with Gasteiger partial charge in [-0.15, -0.1) is 10.2 Å². The van der Waals surface area contributed by atoms with Crippen LogP contribution in [0.4, 0.5) is 0 Å². The molecule has 1 amide bonds. The third kappa shape index (κ3) is 4.70. The van der Waals surface area contributed by atoms with Gasteiger partial charge in [-0.25, -0.2) is 8.42 Å². The Morgan fingerprint density at radius 1 is 1.45 bits per heavy atom. The van der Waals surface area contributed by atoms with Crippen molar-refractivity contribution in [2.75, 3.05) is 24.3 Å². The van der Waals surface area contributed by atoms with Gasteiger partial charge in [0.05, 0.1) is 17.3 Å². The molecule has 0 saturated carbocycles. The van der Waals surface area contributed by atoms with Crippen LogP contribution in [0.3, 0.4) is 0 Å². The topological polar surface area (TPSA) is 93.4 Å². The number of rotatable bonds is 6. The molecule has 0 spiro atoms. The van der Waals surface area contributed by atoms with Crippen molar-refractivity contribution >= 4 is 27.5 Å². The molecule has 124 valence electrons. The summed E-state index contributed by atoms with van der Waals surface area (Å²) in [6.07, 6.45) is 1.12. The monoisotopic (exact) mass is 347 g/mol. The highest BCUT2D eigenvalue weighted by Crippen LogP contribution is 2.24. The molecular weight excluding hydrogens is 326 g/mol. The average Bonchev–Trinajstić information content (AvgIpc) is 3.02. The van der Waals surface area contributed by atoms with Gasteiger partial charge in [0.2, 0.25) is 11.8 Å². The Morgan fingerprint density at radius 2 is 2.18 bits per heavy atom. The normalized spacial score (nSPS) is 20.5. The lowest BCUT2D eigenvalue weighted by atomic mass is 10.1. The molecule has 1 aliphatic heterocycles. The minimum Gasteiger partial charge on any atom is -0.416 e. The van der Waals surface area contributed by atoms with E-state index in [4.69, 9.17) is 4.42 Å². The number of carbonyl (C=O) groups is 1. The van der Waals surface area contributed by atoms with E-state index in [1.165, 1.54) is 11.8 Å². The number of hydrogen-bond acceptors (Lipinski definition) is 7. The molecule has 2 rings (SSSR count). The number of carbonyl (C=O) groups excluding carboxylic acids is 1. The maximum atomic E-state index is 11.9. The molecule has 0 aliphatic carbocycles. The number of amides is 1. The van der Waals surface area contributed by atoms with Crippen LogP contribution in [0.15, 0.2) is 9.64 Å². The molecule has 1 saturated heterocycles. The zero-order valence-corrected chi connectivity index (χ0v) is 14.6. The number of nitrogens with zero attached hydrogens (tertiary/aromatic N) is 3. The molecule has 0 unspecified atom stereocenters. The third-order valence-electron chi connectivity index (χ3n) is 3.73. The van der Waals surface area contributed by atoms with E-state index < -0.39 is 9.84 Å². The van der Waals surface area contributed by atoms with Crippen molar-refractivity contribution in [2.45, 2.75) is 38.0 Å². The number of sulfone groups is 1. The zero-order valence-electron chi connectivity index (χ0n) is 13.0. The summed E-state index contributed by atoms with van der Waals surface area (Å²) in [6.45, 7) is 3.89. The van der Waals surface area contributed by atoms with Crippen molar-refractivity contribution < 1.29 is 17.6 Å². The second kappa shape index (κ2) is 6.99. The lowest BCUT2D eigenvalue weighted by Crippen LogP contribution is -2.34. The lowest BCUT2D eigenvalue weighted by Gasteiger charge is -2.20. The van der Waals surface area contributed by atoms with Gasteiger partial charge in [-0.3, -0.25) is 4.79 Å². The highest BCUT2D eigenvalue weighted by molar-refractivity contribution is 7.99. The van der Waals surface area contributed by atoms with Gasteiger partial charge in [0.15, 0.2) is 9.84 Å². The molecule has 0 N–H and O–H groups in total. The molecular formula is C13H21N3O4S2. The Hall–Kier alpha value is -1.09. The van der Waals surface area contributed by atoms with Crippen molar-refractivity contribution in [1.29, 1.82) is 0 Å². The Kier molecular flexibility index (Phi) is 5.49. The largest absolute Gasteiger partial charge is 0.416 e. The van der Waals surface area contributed by atoms with E-state index in [0.29, 0.717) is 24.0 Å². The number of thioether (sulfide) groups is 1. The van der Waals surface area contributed by atoms with Gasteiger partial charge in [0.1, 0.15) is 0 Å². The lowest BCUT2D eigenvalue weighted by molar-refractivity contribution is -0.128. The Balaban J connectivity index is 1.83. The maximum absolute atomic E-state index is 11.9. The smallest absolute Gasteiger partial charge is 0.277 e. The second-order valence-electron chi connectivity index (χ2n) is 5.82. The van der Waals surface area contributed by atoms with Crippen molar-refractivity contribution in [3.63, 3.8) is 0 Å². The van der Waals surface area contributed by atoms with Crippen LogP contribution in [0.5, 0.6) is 0 Å². The minimum absolute atomic E-state index is 0.00152. The van der Waals surface area contributed by atoms with E-state index >= 15 is 0 Å². The van der Waals surface area contributed by atoms with Crippen LogP contribution in [0, 0.1) is 5.92 Å². The van der Waals surface area contributed by atoms with Gasteiger partial charge in [0, 0.05) is 19.5 Å². The van der Waals surface area contributed by atoms with E-state index in [-0.39, 0.29) is 35.1 Å².